The summed E-state index contributed by atoms with van der Waals surface area (Å²) in [5.41, 5.74) is 6.81. The number of anilines is 1. The van der Waals surface area contributed by atoms with Gasteiger partial charge < -0.3 is 15.8 Å². The summed E-state index contributed by atoms with van der Waals surface area (Å²) in [4.78, 5) is 11.8. The van der Waals surface area contributed by atoms with Gasteiger partial charge in [0.2, 0.25) is 0 Å². The summed E-state index contributed by atoms with van der Waals surface area (Å²) in [5, 5.41) is 2.89. The number of nitrogens with one attached hydrogen (secondary N) is 1. The normalized spacial score (nSPS) is 19.2. The van der Waals surface area contributed by atoms with E-state index in [-0.39, 0.29) is 5.91 Å². The molecule has 1 unspecified atom stereocenters. The summed E-state index contributed by atoms with van der Waals surface area (Å²) in [5.74, 6) is 0.491. The van der Waals surface area contributed by atoms with E-state index in [2.05, 4.69) is 5.32 Å². The second-order valence-electron chi connectivity index (χ2n) is 4.36. The molecule has 0 bridgehead atoms. The number of nitrogens with two attached hydrogens (primary N) is 1. The summed E-state index contributed by atoms with van der Waals surface area (Å²) in [6.45, 7) is 2.36. The molecule has 92 valence electrons. The Kier molecular flexibility index (Phi) is 3.98. The van der Waals surface area contributed by atoms with Gasteiger partial charge in [-0.25, -0.2) is 0 Å². The van der Waals surface area contributed by atoms with E-state index in [1.54, 1.807) is 12.1 Å². The lowest BCUT2D eigenvalue weighted by Gasteiger charge is -2.09. The second-order valence-corrected chi connectivity index (χ2v) is 4.36. The lowest BCUT2D eigenvalue weighted by atomic mass is 10.1. The van der Waals surface area contributed by atoms with Crippen LogP contribution in [0.4, 0.5) is 5.69 Å². The number of para-hydroxylation sites is 1. The molecule has 1 aromatic carbocycles. The third-order valence-electron chi connectivity index (χ3n) is 3.07. The highest BCUT2D eigenvalue weighted by Gasteiger charge is 2.15. The molecular formula is C13H18N2O2. The Morgan fingerprint density at radius 2 is 2.29 bits per heavy atom. The minimum Gasteiger partial charge on any atom is -0.398 e. The fourth-order valence-corrected chi connectivity index (χ4v) is 2.00. The first kappa shape index (κ1) is 11.9. The summed E-state index contributed by atoms with van der Waals surface area (Å²) in [6, 6.07) is 7.11. The predicted molar refractivity (Wildman–Crippen MR) is 66.7 cm³/mol. The van der Waals surface area contributed by atoms with Crippen molar-refractivity contribution in [2.45, 2.75) is 12.8 Å². The Labute approximate surface area is 101 Å². The maximum Gasteiger partial charge on any atom is 0.253 e. The Morgan fingerprint density at radius 3 is 3.00 bits per heavy atom. The van der Waals surface area contributed by atoms with Crippen LogP contribution in [0.15, 0.2) is 24.3 Å². The van der Waals surface area contributed by atoms with E-state index in [9.17, 15) is 4.79 Å². The predicted octanol–water partition coefficient (Wildman–Crippen LogP) is 1.43. The molecule has 1 atom stereocenters. The topological polar surface area (TPSA) is 64.4 Å². The van der Waals surface area contributed by atoms with Gasteiger partial charge in [-0.15, -0.1) is 0 Å². The van der Waals surface area contributed by atoms with Gasteiger partial charge in [0.05, 0.1) is 5.56 Å². The SMILES string of the molecule is Nc1ccccc1C(=O)NCCC1CCOC1. The third kappa shape index (κ3) is 3.20. The molecule has 0 saturated carbocycles. The van der Waals surface area contributed by atoms with Crippen molar-refractivity contribution < 1.29 is 9.53 Å². The van der Waals surface area contributed by atoms with Crippen molar-refractivity contribution in [3.05, 3.63) is 29.8 Å². The molecule has 17 heavy (non-hydrogen) atoms. The molecule has 1 heterocycles. The van der Waals surface area contributed by atoms with E-state index < -0.39 is 0 Å². The number of carbonyl (C=O) groups is 1. The highest BCUT2D eigenvalue weighted by molar-refractivity contribution is 5.98. The zero-order valence-corrected chi connectivity index (χ0v) is 9.82. The van der Waals surface area contributed by atoms with Crippen LogP contribution in [-0.4, -0.2) is 25.7 Å². The zero-order valence-electron chi connectivity index (χ0n) is 9.82. The number of amides is 1. The fourth-order valence-electron chi connectivity index (χ4n) is 2.00. The van der Waals surface area contributed by atoms with Crippen LogP contribution in [0.25, 0.3) is 0 Å². The van der Waals surface area contributed by atoms with Gasteiger partial charge >= 0.3 is 0 Å². The monoisotopic (exact) mass is 234 g/mol. The number of hydrogen-bond donors (Lipinski definition) is 2. The second kappa shape index (κ2) is 5.68. The van der Waals surface area contributed by atoms with Gasteiger partial charge in [0.15, 0.2) is 0 Å². The Hall–Kier alpha value is -1.55. The minimum absolute atomic E-state index is 0.0954. The van der Waals surface area contributed by atoms with E-state index >= 15 is 0 Å². The number of benzene rings is 1. The van der Waals surface area contributed by atoms with Crippen LogP contribution in [0, 0.1) is 5.92 Å². The highest BCUT2D eigenvalue weighted by Crippen LogP contribution is 2.15. The molecule has 1 aliphatic rings. The largest absolute Gasteiger partial charge is 0.398 e. The molecule has 0 radical (unpaired) electrons. The lowest BCUT2D eigenvalue weighted by molar-refractivity contribution is 0.0951. The van der Waals surface area contributed by atoms with Crippen LogP contribution in [0.5, 0.6) is 0 Å². The molecule has 3 N–H and O–H groups in total. The quantitative estimate of drug-likeness (QED) is 0.774. The first-order valence-electron chi connectivity index (χ1n) is 5.98. The van der Waals surface area contributed by atoms with Crippen molar-refractivity contribution in [1.82, 2.24) is 5.32 Å². The summed E-state index contributed by atoms with van der Waals surface area (Å²) in [6.07, 6.45) is 2.07. The van der Waals surface area contributed by atoms with E-state index in [0.29, 0.717) is 23.7 Å². The van der Waals surface area contributed by atoms with E-state index in [0.717, 1.165) is 26.1 Å². The van der Waals surface area contributed by atoms with Gasteiger partial charge in [0.1, 0.15) is 0 Å². The summed E-state index contributed by atoms with van der Waals surface area (Å²) in [7, 11) is 0. The molecule has 1 aromatic rings. The summed E-state index contributed by atoms with van der Waals surface area (Å²) < 4.78 is 5.29. The van der Waals surface area contributed by atoms with Crippen LogP contribution in [0.1, 0.15) is 23.2 Å². The van der Waals surface area contributed by atoms with Crippen LogP contribution in [0.3, 0.4) is 0 Å². The number of ether oxygens (including phenoxy) is 1. The fraction of sp³-hybridized carbons (Fsp3) is 0.462. The van der Waals surface area contributed by atoms with E-state index in [4.69, 9.17) is 10.5 Å². The number of rotatable bonds is 4. The lowest BCUT2D eigenvalue weighted by Crippen LogP contribution is -2.26. The van der Waals surface area contributed by atoms with Crippen molar-refractivity contribution in [2.24, 2.45) is 5.92 Å². The van der Waals surface area contributed by atoms with Gasteiger partial charge in [0, 0.05) is 25.4 Å². The minimum atomic E-state index is -0.0954. The van der Waals surface area contributed by atoms with Gasteiger partial charge in [-0.05, 0) is 30.9 Å². The van der Waals surface area contributed by atoms with Gasteiger partial charge in [0.25, 0.3) is 5.91 Å². The molecule has 1 aliphatic heterocycles. The average Bonchev–Trinajstić information content (AvgIpc) is 2.82. The third-order valence-corrected chi connectivity index (χ3v) is 3.07. The van der Waals surface area contributed by atoms with Gasteiger partial charge in [-0.3, -0.25) is 4.79 Å². The molecule has 1 saturated heterocycles. The molecule has 0 spiro atoms. The molecule has 2 rings (SSSR count). The van der Waals surface area contributed by atoms with Crippen molar-refractivity contribution in [2.75, 3.05) is 25.5 Å². The molecule has 4 heteroatoms. The Balaban J connectivity index is 1.79. The van der Waals surface area contributed by atoms with Crippen molar-refractivity contribution in [3.63, 3.8) is 0 Å². The first-order valence-corrected chi connectivity index (χ1v) is 5.98. The highest BCUT2D eigenvalue weighted by atomic mass is 16.5. The van der Waals surface area contributed by atoms with E-state index in [1.165, 1.54) is 0 Å². The maximum atomic E-state index is 11.8. The van der Waals surface area contributed by atoms with Crippen molar-refractivity contribution in [1.29, 1.82) is 0 Å². The zero-order chi connectivity index (χ0) is 12.1. The number of carbonyl (C=O) groups excluding carboxylic acids is 1. The maximum absolute atomic E-state index is 11.8. The van der Waals surface area contributed by atoms with Crippen LogP contribution in [0.2, 0.25) is 0 Å². The van der Waals surface area contributed by atoms with Gasteiger partial charge in [-0.1, -0.05) is 12.1 Å². The van der Waals surface area contributed by atoms with Crippen molar-refractivity contribution in [3.8, 4) is 0 Å². The Morgan fingerprint density at radius 1 is 1.47 bits per heavy atom. The molecule has 0 aromatic heterocycles. The van der Waals surface area contributed by atoms with Crippen molar-refractivity contribution >= 4 is 11.6 Å². The smallest absolute Gasteiger partial charge is 0.253 e. The Bertz CT molecular complexity index is 387. The molecule has 1 amide bonds. The van der Waals surface area contributed by atoms with Crippen LogP contribution >= 0.6 is 0 Å². The number of hydrogen-bond acceptors (Lipinski definition) is 3. The summed E-state index contributed by atoms with van der Waals surface area (Å²) >= 11 is 0. The van der Waals surface area contributed by atoms with Crippen LogP contribution < -0.4 is 11.1 Å². The van der Waals surface area contributed by atoms with Gasteiger partial charge in [-0.2, -0.15) is 0 Å². The molecule has 0 aliphatic carbocycles. The molecule has 4 nitrogen and oxygen atoms in total. The first-order chi connectivity index (χ1) is 8.27. The van der Waals surface area contributed by atoms with Crippen LogP contribution in [-0.2, 0) is 4.74 Å². The molecule has 1 fully saturated rings. The van der Waals surface area contributed by atoms with E-state index in [1.807, 2.05) is 12.1 Å². The molecular weight excluding hydrogens is 216 g/mol. The number of nitrogen functional groups attached to an aromatic ring is 1. The average molecular weight is 234 g/mol. The standard InChI is InChI=1S/C13H18N2O2/c14-12-4-2-1-3-11(12)13(16)15-7-5-10-6-8-17-9-10/h1-4,10H,5-9,14H2,(H,15,16).